The highest BCUT2D eigenvalue weighted by Gasteiger charge is 2.33. The lowest BCUT2D eigenvalue weighted by Crippen LogP contribution is -2.53. The number of amides is 2. The van der Waals surface area contributed by atoms with Crippen LogP contribution >= 0.6 is 0 Å². The number of likely N-dealkylation sites (tertiary alicyclic amines) is 1. The van der Waals surface area contributed by atoms with Gasteiger partial charge in [0.2, 0.25) is 11.8 Å². The Hall–Kier alpha value is -3.89. The molecule has 1 aliphatic heterocycles. The Labute approximate surface area is 200 Å². The Morgan fingerprint density at radius 3 is 2.60 bits per heavy atom. The van der Waals surface area contributed by atoms with E-state index >= 15 is 0 Å². The highest BCUT2D eigenvalue weighted by atomic mass is 19.1. The molecule has 0 aliphatic carbocycles. The van der Waals surface area contributed by atoms with Crippen molar-refractivity contribution in [1.82, 2.24) is 25.2 Å². The molecule has 2 aromatic heterocycles. The van der Waals surface area contributed by atoms with Gasteiger partial charge in [0.25, 0.3) is 5.91 Å². The summed E-state index contributed by atoms with van der Waals surface area (Å²) in [6, 6.07) is 5.52. The molecule has 1 atom stereocenters. The molecule has 11 heteroatoms. The number of hydrogen-bond donors (Lipinski definition) is 2. The van der Waals surface area contributed by atoms with Crippen LogP contribution in [0, 0.1) is 17.6 Å². The molecule has 1 aromatic carbocycles. The molecular formula is C24H25F2N5O4. The van der Waals surface area contributed by atoms with Crippen molar-refractivity contribution in [1.29, 1.82) is 0 Å². The molecule has 2 N–H and O–H groups in total. The average molecular weight is 485 g/mol. The van der Waals surface area contributed by atoms with Crippen LogP contribution in [0.15, 0.2) is 36.5 Å². The van der Waals surface area contributed by atoms with Gasteiger partial charge in [-0.1, -0.05) is 13.8 Å². The van der Waals surface area contributed by atoms with E-state index in [4.69, 9.17) is 4.74 Å². The second kappa shape index (κ2) is 10.2. The fraction of sp³-hybridized carbons (Fsp3) is 0.375. The molecular weight excluding hydrogens is 460 g/mol. The lowest BCUT2D eigenvalue weighted by Gasteiger charge is -2.35. The van der Waals surface area contributed by atoms with Gasteiger partial charge in [0.05, 0.1) is 0 Å². The van der Waals surface area contributed by atoms with Crippen molar-refractivity contribution in [2.75, 3.05) is 13.1 Å². The molecule has 35 heavy (non-hydrogen) atoms. The monoisotopic (exact) mass is 485 g/mol. The van der Waals surface area contributed by atoms with E-state index in [1.807, 2.05) is 0 Å². The predicted molar refractivity (Wildman–Crippen MR) is 122 cm³/mol. The van der Waals surface area contributed by atoms with Gasteiger partial charge in [-0.15, -0.1) is 0 Å². The SMILES string of the molecule is CC(C)[C@H](NC(=O)c1nc2cccnc2nc1O)C(=O)N1CCC(Oc2ccc(F)cc2F)CC1. The van der Waals surface area contributed by atoms with E-state index in [1.165, 1.54) is 12.3 Å². The Bertz CT molecular complexity index is 1250. The van der Waals surface area contributed by atoms with Crippen LogP contribution in [0.1, 0.15) is 37.2 Å². The minimum Gasteiger partial charge on any atom is -0.492 e. The van der Waals surface area contributed by atoms with E-state index in [-0.39, 0.29) is 35.0 Å². The Morgan fingerprint density at radius 1 is 1.17 bits per heavy atom. The van der Waals surface area contributed by atoms with Gasteiger partial charge in [-0.2, -0.15) is 4.98 Å². The number of hydrogen-bond acceptors (Lipinski definition) is 7. The first-order chi connectivity index (χ1) is 16.7. The molecule has 9 nitrogen and oxygen atoms in total. The zero-order valence-corrected chi connectivity index (χ0v) is 19.2. The third-order valence-electron chi connectivity index (χ3n) is 5.80. The summed E-state index contributed by atoms with van der Waals surface area (Å²) in [4.78, 5) is 39.7. The van der Waals surface area contributed by atoms with Crippen LogP contribution in [-0.2, 0) is 4.79 Å². The van der Waals surface area contributed by atoms with Crippen molar-refractivity contribution in [2.24, 2.45) is 5.92 Å². The zero-order chi connectivity index (χ0) is 25.1. The van der Waals surface area contributed by atoms with Crippen molar-refractivity contribution < 1.29 is 28.2 Å². The number of pyridine rings is 1. The van der Waals surface area contributed by atoms with Crippen LogP contribution in [-0.4, -0.2) is 62.0 Å². The van der Waals surface area contributed by atoms with Crippen LogP contribution in [0.25, 0.3) is 11.2 Å². The predicted octanol–water partition coefficient (Wildman–Crippen LogP) is 2.83. The van der Waals surface area contributed by atoms with Crippen LogP contribution in [0.2, 0.25) is 0 Å². The van der Waals surface area contributed by atoms with E-state index in [0.29, 0.717) is 31.4 Å². The van der Waals surface area contributed by atoms with Crippen LogP contribution < -0.4 is 10.1 Å². The number of fused-ring (bicyclic) bond motifs is 1. The van der Waals surface area contributed by atoms with E-state index in [2.05, 4.69) is 20.3 Å². The van der Waals surface area contributed by atoms with Crippen LogP contribution in [0.3, 0.4) is 0 Å². The molecule has 0 bridgehead atoms. The molecule has 184 valence electrons. The largest absolute Gasteiger partial charge is 0.492 e. The Morgan fingerprint density at radius 2 is 1.91 bits per heavy atom. The fourth-order valence-corrected chi connectivity index (χ4v) is 3.90. The molecule has 2 amide bonds. The smallest absolute Gasteiger partial charge is 0.276 e. The maximum atomic E-state index is 13.9. The number of ether oxygens (including phenoxy) is 1. The van der Waals surface area contributed by atoms with Gasteiger partial charge in [0.15, 0.2) is 22.9 Å². The standard InChI is InChI=1S/C24H25F2N5O4/c1-13(2)19(29-22(32)20-23(33)30-21-17(28-20)4-3-9-27-21)24(34)31-10-7-15(8-11-31)35-18-6-5-14(25)12-16(18)26/h3-6,9,12-13,15,19H,7-8,10-11H2,1-2H3,(H,29,32)(H,27,30,33)/t19-/m0/s1. The molecule has 3 heterocycles. The summed E-state index contributed by atoms with van der Waals surface area (Å²) in [5.74, 6) is -3.32. The summed E-state index contributed by atoms with van der Waals surface area (Å²) < 4.78 is 32.6. The minimum atomic E-state index is -0.861. The number of carbonyl (C=O) groups excluding carboxylic acids is 2. The van der Waals surface area contributed by atoms with E-state index in [1.54, 1.807) is 30.9 Å². The zero-order valence-electron chi connectivity index (χ0n) is 19.2. The van der Waals surface area contributed by atoms with Gasteiger partial charge < -0.3 is 20.1 Å². The number of carbonyl (C=O) groups is 2. The average Bonchev–Trinajstić information content (AvgIpc) is 2.83. The highest BCUT2D eigenvalue weighted by Crippen LogP contribution is 2.24. The number of halogens is 2. The molecule has 0 radical (unpaired) electrons. The van der Waals surface area contributed by atoms with Crippen molar-refractivity contribution in [3.8, 4) is 11.6 Å². The van der Waals surface area contributed by atoms with Crippen molar-refractivity contribution >= 4 is 23.0 Å². The summed E-state index contributed by atoms with van der Waals surface area (Å²) in [5, 5.41) is 12.8. The van der Waals surface area contributed by atoms with Crippen LogP contribution in [0.5, 0.6) is 11.6 Å². The topological polar surface area (TPSA) is 118 Å². The minimum absolute atomic E-state index is 0.0324. The van der Waals surface area contributed by atoms with Gasteiger partial charge in [0, 0.05) is 38.2 Å². The van der Waals surface area contributed by atoms with Gasteiger partial charge >= 0.3 is 0 Å². The van der Waals surface area contributed by atoms with Gasteiger partial charge in [-0.3, -0.25) is 9.59 Å². The van der Waals surface area contributed by atoms with E-state index in [9.17, 15) is 23.5 Å². The molecule has 0 spiro atoms. The number of benzene rings is 1. The third-order valence-corrected chi connectivity index (χ3v) is 5.80. The maximum Gasteiger partial charge on any atom is 0.276 e. The van der Waals surface area contributed by atoms with Crippen molar-refractivity contribution in [3.05, 3.63) is 53.9 Å². The quantitative estimate of drug-likeness (QED) is 0.551. The molecule has 1 aliphatic rings. The van der Waals surface area contributed by atoms with Crippen molar-refractivity contribution in [2.45, 2.75) is 38.8 Å². The van der Waals surface area contributed by atoms with Crippen molar-refractivity contribution in [3.63, 3.8) is 0 Å². The molecule has 3 aromatic rings. The first-order valence-corrected chi connectivity index (χ1v) is 11.3. The summed E-state index contributed by atoms with van der Waals surface area (Å²) in [7, 11) is 0. The van der Waals surface area contributed by atoms with E-state index < -0.39 is 29.5 Å². The molecule has 1 saturated heterocycles. The molecule has 0 saturated carbocycles. The second-order valence-corrected chi connectivity index (χ2v) is 8.65. The summed E-state index contributed by atoms with van der Waals surface area (Å²) in [6.45, 7) is 4.29. The summed E-state index contributed by atoms with van der Waals surface area (Å²) in [5.41, 5.74) is 0.239. The summed E-state index contributed by atoms with van der Waals surface area (Å²) >= 11 is 0. The van der Waals surface area contributed by atoms with E-state index in [0.717, 1.165) is 12.1 Å². The first kappa shape index (κ1) is 24.2. The number of nitrogens with one attached hydrogen (secondary N) is 1. The number of piperidine rings is 1. The van der Waals surface area contributed by atoms with Crippen LogP contribution in [0.4, 0.5) is 8.78 Å². The maximum absolute atomic E-state index is 13.9. The molecule has 1 fully saturated rings. The lowest BCUT2D eigenvalue weighted by atomic mass is 10.00. The van der Waals surface area contributed by atoms with Gasteiger partial charge in [-0.05, 0) is 30.2 Å². The normalized spacial score (nSPS) is 15.3. The number of nitrogens with zero attached hydrogens (tertiary/aromatic N) is 4. The Kier molecular flexibility index (Phi) is 7.04. The summed E-state index contributed by atoms with van der Waals surface area (Å²) in [6.07, 6.45) is 2.06. The first-order valence-electron chi connectivity index (χ1n) is 11.3. The fourth-order valence-electron chi connectivity index (χ4n) is 3.90. The number of aromatic nitrogens is 3. The highest BCUT2D eigenvalue weighted by molar-refractivity contribution is 5.98. The number of aromatic hydroxyl groups is 1. The second-order valence-electron chi connectivity index (χ2n) is 8.65. The molecule has 0 unspecified atom stereocenters. The lowest BCUT2D eigenvalue weighted by molar-refractivity contribution is -0.136. The van der Waals surface area contributed by atoms with Gasteiger partial charge in [-0.25, -0.2) is 18.7 Å². The van der Waals surface area contributed by atoms with Gasteiger partial charge in [0.1, 0.15) is 23.5 Å². The third kappa shape index (κ3) is 5.44. The number of rotatable bonds is 6. The molecule has 4 rings (SSSR count). The Balaban J connectivity index is 1.40.